The van der Waals surface area contributed by atoms with E-state index < -0.39 is 9.84 Å². The summed E-state index contributed by atoms with van der Waals surface area (Å²) in [4.78, 5) is 25.6. The van der Waals surface area contributed by atoms with Crippen molar-refractivity contribution in [2.24, 2.45) is 0 Å². The maximum atomic E-state index is 12.4. The zero-order chi connectivity index (χ0) is 21.4. The molecule has 1 atom stereocenters. The van der Waals surface area contributed by atoms with E-state index in [-0.39, 0.29) is 29.8 Å². The van der Waals surface area contributed by atoms with Gasteiger partial charge >= 0.3 is 0 Å². The smallest absolute Gasteiger partial charge is 0.279 e. The van der Waals surface area contributed by atoms with E-state index in [1.165, 1.54) is 19.2 Å². The zero-order valence-corrected chi connectivity index (χ0v) is 17.5. The number of sulfone groups is 1. The van der Waals surface area contributed by atoms with E-state index in [4.69, 9.17) is 4.74 Å². The zero-order valence-electron chi connectivity index (χ0n) is 16.7. The van der Waals surface area contributed by atoms with E-state index in [1.807, 2.05) is 6.92 Å². The molecule has 0 aromatic heterocycles. The predicted molar refractivity (Wildman–Crippen MR) is 111 cm³/mol. The summed E-state index contributed by atoms with van der Waals surface area (Å²) in [6.07, 6.45) is 1.11. The van der Waals surface area contributed by atoms with Crippen LogP contribution in [0.5, 0.6) is 5.75 Å². The molecular weight excluding hydrogens is 394 g/mol. The van der Waals surface area contributed by atoms with Gasteiger partial charge in [0.2, 0.25) is 0 Å². The van der Waals surface area contributed by atoms with Crippen LogP contribution in [0.25, 0.3) is 0 Å². The molecule has 1 unspecified atom stereocenters. The molecule has 2 aromatic carbocycles. The molecular formula is C20H26N3O5S+. The third-order valence-corrected chi connectivity index (χ3v) is 5.36. The Morgan fingerprint density at radius 1 is 1.00 bits per heavy atom. The molecule has 0 saturated carbocycles. The van der Waals surface area contributed by atoms with Gasteiger partial charge in [-0.1, -0.05) is 18.2 Å². The number of methoxy groups -OCH3 is 1. The highest BCUT2D eigenvalue weighted by atomic mass is 32.2. The van der Waals surface area contributed by atoms with Crippen molar-refractivity contribution < 1.29 is 27.6 Å². The van der Waals surface area contributed by atoms with Gasteiger partial charge in [-0.15, -0.1) is 0 Å². The average Bonchev–Trinajstić information content (AvgIpc) is 2.67. The van der Waals surface area contributed by atoms with Crippen molar-refractivity contribution in [1.82, 2.24) is 0 Å². The number of ether oxygens (including phenoxy) is 1. The van der Waals surface area contributed by atoms with Gasteiger partial charge in [0.25, 0.3) is 11.8 Å². The monoisotopic (exact) mass is 420 g/mol. The number of nitrogens with one attached hydrogen (secondary N) is 3. The van der Waals surface area contributed by atoms with E-state index in [9.17, 15) is 18.0 Å². The number of amides is 2. The molecule has 9 heteroatoms. The van der Waals surface area contributed by atoms with E-state index in [2.05, 4.69) is 10.6 Å². The quantitative estimate of drug-likeness (QED) is 0.550. The van der Waals surface area contributed by atoms with E-state index in [1.54, 1.807) is 36.4 Å². The summed E-state index contributed by atoms with van der Waals surface area (Å²) in [5.74, 6) is 0.0122. The van der Waals surface area contributed by atoms with Gasteiger partial charge in [0.05, 0.1) is 24.2 Å². The Labute approximate surface area is 170 Å². The first kappa shape index (κ1) is 22.4. The van der Waals surface area contributed by atoms with Crippen molar-refractivity contribution in [3.05, 3.63) is 48.5 Å². The van der Waals surface area contributed by atoms with E-state index >= 15 is 0 Å². The Morgan fingerprint density at radius 3 is 2.28 bits per heavy atom. The van der Waals surface area contributed by atoms with Gasteiger partial charge in [-0.3, -0.25) is 9.59 Å². The molecule has 0 aliphatic carbocycles. The number of likely N-dealkylation sites (N-methyl/N-ethyl adjacent to an activating group) is 1. The number of para-hydroxylation sites is 2. The normalized spacial score (nSPS) is 12.1. The number of carbonyl (C=O) groups is 2. The first-order valence-corrected chi connectivity index (χ1v) is 11.0. The highest BCUT2D eigenvalue weighted by molar-refractivity contribution is 7.90. The molecule has 156 valence electrons. The molecule has 0 saturated heterocycles. The topological polar surface area (TPSA) is 106 Å². The first-order valence-electron chi connectivity index (χ1n) is 9.09. The molecule has 3 N–H and O–H groups in total. The number of carbonyl (C=O) groups excluding carboxylic acids is 2. The van der Waals surface area contributed by atoms with Gasteiger partial charge in [-0.25, -0.2) is 8.42 Å². The van der Waals surface area contributed by atoms with Crippen LogP contribution in [0.1, 0.15) is 6.92 Å². The molecule has 2 aromatic rings. The maximum Gasteiger partial charge on any atom is 0.279 e. The first-order chi connectivity index (χ1) is 13.7. The third kappa shape index (κ3) is 6.88. The van der Waals surface area contributed by atoms with Crippen molar-refractivity contribution in [3.8, 4) is 5.75 Å². The summed E-state index contributed by atoms with van der Waals surface area (Å²) < 4.78 is 28.5. The Bertz CT molecular complexity index is 976. The van der Waals surface area contributed by atoms with Crippen LogP contribution in [0.15, 0.2) is 53.4 Å². The van der Waals surface area contributed by atoms with Crippen LogP contribution < -0.4 is 20.3 Å². The minimum Gasteiger partial charge on any atom is -0.495 e. The number of hydrogen-bond donors (Lipinski definition) is 3. The second-order valence-corrected chi connectivity index (χ2v) is 8.57. The number of rotatable bonds is 9. The lowest BCUT2D eigenvalue weighted by atomic mass is 10.3. The number of hydrogen-bond acceptors (Lipinski definition) is 5. The molecule has 0 fully saturated rings. The summed E-state index contributed by atoms with van der Waals surface area (Å²) in [5.41, 5.74) is 0.962. The molecule has 0 aliphatic rings. The third-order valence-electron chi connectivity index (χ3n) is 4.25. The van der Waals surface area contributed by atoms with Crippen molar-refractivity contribution in [1.29, 1.82) is 0 Å². The summed E-state index contributed by atoms with van der Waals surface area (Å²) in [5, 5.41) is 5.47. The maximum absolute atomic E-state index is 12.4. The standard InChI is InChI=1S/C20H25N3O5S/c1-4-23(14-20(25)22-17-10-5-6-11-18(17)28-2)13-19(24)21-15-8-7-9-16(12-15)29(3,26)27/h5-12H,4,13-14H2,1-3H3,(H,21,24)(H,22,25)/p+1. The SMILES string of the molecule is CC[NH+](CC(=O)Nc1cccc(S(C)(=O)=O)c1)CC(=O)Nc1ccccc1OC. The average molecular weight is 421 g/mol. The Balaban J connectivity index is 1.95. The Morgan fingerprint density at radius 2 is 1.66 bits per heavy atom. The van der Waals surface area contributed by atoms with Crippen LogP contribution in [-0.4, -0.2) is 53.2 Å². The van der Waals surface area contributed by atoms with Crippen LogP contribution in [0, 0.1) is 0 Å². The number of quaternary nitrogens is 1. The number of anilines is 2. The molecule has 0 bridgehead atoms. The lowest BCUT2D eigenvalue weighted by Crippen LogP contribution is -3.13. The van der Waals surface area contributed by atoms with E-state index in [0.717, 1.165) is 11.2 Å². The van der Waals surface area contributed by atoms with Crippen LogP contribution in [0.3, 0.4) is 0 Å². The molecule has 8 nitrogen and oxygen atoms in total. The summed E-state index contributed by atoms with van der Waals surface area (Å²) >= 11 is 0. The highest BCUT2D eigenvalue weighted by Gasteiger charge is 2.18. The molecule has 0 spiro atoms. The fourth-order valence-corrected chi connectivity index (χ4v) is 3.39. The lowest BCUT2D eigenvalue weighted by Gasteiger charge is -2.17. The van der Waals surface area contributed by atoms with Crippen molar-refractivity contribution in [2.75, 3.05) is 43.6 Å². The fourth-order valence-electron chi connectivity index (χ4n) is 2.72. The molecule has 29 heavy (non-hydrogen) atoms. The van der Waals surface area contributed by atoms with Gasteiger partial charge in [0.1, 0.15) is 5.75 Å². The van der Waals surface area contributed by atoms with Crippen LogP contribution in [0.2, 0.25) is 0 Å². The van der Waals surface area contributed by atoms with Gasteiger partial charge < -0.3 is 20.3 Å². The molecule has 0 heterocycles. The Kier molecular flexibility index (Phi) is 7.74. The highest BCUT2D eigenvalue weighted by Crippen LogP contribution is 2.22. The minimum absolute atomic E-state index is 0.0684. The molecule has 2 rings (SSSR count). The minimum atomic E-state index is -3.36. The Hall–Kier alpha value is -2.91. The second kappa shape index (κ2) is 10.0. The number of benzene rings is 2. The van der Waals surface area contributed by atoms with Crippen LogP contribution in [0.4, 0.5) is 11.4 Å². The van der Waals surface area contributed by atoms with Gasteiger partial charge in [-0.05, 0) is 37.3 Å². The van der Waals surface area contributed by atoms with Crippen LogP contribution in [-0.2, 0) is 19.4 Å². The van der Waals surface area contributed by atoms with Crippen molar-refractivity contribution in [3.63, 3.8) is 0 Å². The fraction of sp³-hybridized carbons (Fsp3) is 0.300. The summed E-state index contributed by atoms with van der Waals surface area (Å²) in [6, 6.07) is 13.2. The summed E-state index contributed by atoms with van der Waals surface area (Å²) in [7, 11) is -1.83. The van der Waals surface area contributed by atoms with Crippen molar-refractivity contribution in [2.45, 2.75) is 11.8 Å². The van der Waals surface area contributed by atoms with Gasteiger partial charge in [-0.2, -0.15) is 0 Å². The van der Waals surface area contributed by atoms with Gasteiger partial charge in [0.15, 0.2) is 22.9 Å². The lowest BCUT2D eigenvalue weighted by molar-refractivity contribution is -0.881. The van der Waals surface area contributed by atoms with Crippen molar-refractivity contribution >= 4 is 33.0 Å². The van der Waals surface area contributed by atoms with Crippen LogP contribution >= 0.6 is 0 Å². The molecule has 0 radical (unpaired) electrons. The largest absolute Gasteiger partial charge is 0.495 e. The molecule has 0 aliphatic heterocycles. The van der Waals surface area contributed by atoms with E-state index in [0.29, 0.717) is 23.7 Å². The second-order valence-electron chi connectivity index (χ2n) is 6.55. The summed E-state index contributed by atoms with van der Waals surface area (Å²) in [6.45, 7) is 2.61. The predicted octanol–water partition coefficient (Wildman–Crippen LogP) is 0.581. The van der Waals surface area contributed by atoms with Gasteiger partial charge in [0, 0.05) is 11.9 Å². The molecule has 2 amide bonds.